The fraction of sp³-hybridized carbons (Fsp3) is 0.207. The lowest BCUT2D eigenvalue weighted by Crippen LogP contribution is -2.24. The molecule has 0 spiro atoms. The molecule has 0 aliphatic heterocycles. The zero-order chi connectivity index (χ0) is 25.5. The Hall–Kier alpha value is -4.39. The number of nitrogens with zero attached hydrogens (tertiary/aromatic N) is 2. The van der Waals surface area contributed by atoms with Crippen LogP contribution in [-0.4, -0.2) is 34.6 Å². The number of ether oxygens (including phenoxy) is 1. The van der Waals surface area contributed by atoms with Crippen LogP contribution in [0.3, 0.4) is 0 Å². The number of rotatable bonds is 9. The zero-order valence-corrected chi connectivity index (χ0v) is 20.4. The van der Waals surface area contributed by atoms with Gasteiger partial charge in [0, 0.05) is 17.0 Å². The fourth-order valence-corrected chi connectivity index (χ4v) is 4.20. The molecule has 1 heterocycles. The number of esters is 1. The normalized spacial score (nSPS) is 12.3. The van der Waals surface area contributed by atoms with Crippen LogP contribution in [0.2, 0.25) is 0 Å². The Morgan fingerprint density at radius 1 is 1.03 bits per heavy atom. The summed E-state index contributed by atoms with van der Waals surface area (Å²) in [7, 11) is 0. The van der Waals surface area contributed by atoms with Gasteiger partial charge in [-0.2, -0.15) is 0 Å². The maximum absolute atomic E-state index is 12.7. The van der Waals surface area contributed by atoms with Crippen LogP contribution in [0.1, 0.15) is 41.8 Å². The van der Waals surface area contributed by atoms with Crippen molar-refractivity contribution in [2.24, 2.45) is 10.9 Å². The smallest absolute Gasteiger partial charge is 0.341 e. The molecule has 0 fully saturated rings. The van der Waals surface area contributed by atoms with Gasteiger partial charge >= 0.3 is 5.97 Å². The predicted octanol–water partition coefficient (Wildman–Crippen LogP) is 5.61. The van der Waals surface area contributed by atoms with E-state index in [4.69, 9.17) is 20.7 Å². The Morgan fingerprint density at radius 2 is 1.75 bits per heavy atom. The van der Waals surface area contributed by atoms with Crippen LogP contribution < -0.4 is 11.1 Å². The number of hydrogen-bond acceptors (Lipinski definition) is 6. The second kappa shape index (κ2) is 11.4. The van der Waals surface area contributed by atoms with Crippen molar-refractivity contribution in [2.45, 2.75) is 32.7 Å². The van der Waals surface area contributed by atoms with Gasteiger partial charge in [0.1, 0.15) is 11.4 Å². The molecule has 0 aliphatic rings. The van der Waals surface area contributed by atoms with Gasteiger partial charge in [0.05, 0.1) is 12.1 Å². The van der Waals surface area contributed by atoms with Crippen LogP contribution in [0.15, 0.2) is 84.0 Å². The standard InChI is InChI=1S/C29H30N4O3/c1-3-22(31-28-25(29(34)36-4-2)18-21-9-5-8-12-26(21)32-28)17-19-13-15-20(16-14-19)23-10-6-7-11-24(23)27(30)33-35/h5-16,18,22,35H,3-4,17H2,1-2H3,(H2,30,33)(H,31,32). The Balaban J connectivity index is 1.57. The Bertz CT molecular complexity index is 1380. The van der Waals surface area contributed by atoms with Crippen LogP contribution >= 0.6 is 0 Å². The van der Waals surface area contributed by atoms with Crippen molar-refractivity contribution >= 4 is 28.5 Å². The number of nitrogens with two attached hydrogens (primary N) is 1. The van der Waals surface area contributed by atoms with Gasteiger partial charge in [-0.1, -0.05) is 78.8 Å². The molecule has 0 radical (unpaired) electrons. The summed E-state index contributed by atoms with van der Waals surface area (Å²) in [4.78, 5) is 17.4. The van der Waals surface area contributed by atoms with Crippen LogP contribution in [0.5, 0.6) is 0 Å². The number of carbonyl (C=O) groups is 1. The molecule has 36 heavy (non-hydrogen) atoms. The monoisotopic (exact) mass is 482 g/mol. The van der Waals surface area contributed by atoms with E-state index >= 15 is 0 Å². The van der Waals surface area contributed by atoms with Gasteiger partial charge < -0.3 is 21.0 Å². The first-order valence-electron chi connectivity index (χ1n) is 12.0. The van der Waals surface area contributed by atoms with Crippen molar-refractivity contribution < 1.29 is 14.7 Å². The maximum Gasteiger partial charge on any atom is 0.341 e. The van der Waals surface area contributed by atoms with Crippen LogP contribution in [0.25, 0.3) is 22.0 Å². The number of anilines is 1. The Kier molecular flexibility index (Phi) is 7.80. The van der Waals surface area contributed by atoms with E-state index in [0.29, 0.717) is 23.6 Å². The molecule has 1 unspecified atom stereocenters. The number of nitrogens with one attached hydrogen (secondary N) is 1. The molecule has 4 N–H and O–H groups in total. The summed E-state index contributed by atoms with van der Waals surface area (Å²) in [5.41, 5.74) is 10.8. The zero-order valence-electron chi connectivity index (χ0n) is 20.4. The summed E-state index contributed by atoms with van der Waals surface area (Å²) in [6.45, 7) is 4.19. The first-order valence-corrected chi connectivity index (χ1v) is 12.0. The SMILES string of the molecule is CCOC(=O)c1cc2ccccc2nc1NC(CC)Cc1ccc(-c2ccccc2/C(N)=N\O)cc1. The molecule has 3 aromatic carbocycles. The van der Waals surface area contributed by atoms with E-state index in [9.17, 15) is 4.79 Å². The van der Waals surface area contributed by atoms with Crippen molar-refractivity contribution in [1.82, 2.24) is 4.98 Å². The molecular weight excluding hydrogens is 452 g/mol. The molecule has 0 bridgehead atoms. The number of fused-ring (bicyclic) bond motifs is 1. The van der Waals surface area contributed by atoms with Crippen molar-refractivity contribution in [3.8, 4) is 11.1 Å². The van der Waals surface area contributed by atoms with Gasteiger partial charge in [0.15, 0.2) is 5.84 Å². The van der Waals surface area contributed by atoms with E-state index in [0.717, 1.165) is 40.4 Å². The molecule has 4 aromatic rings. The first-order chi connectivity index (χ1) is 17.5. The number of carbonyl (C=O) groups excluding carboxylic acids is 1. The summed E-state index contributed by atoms with van der Waals surface area (Å²) in [5.74, 6) is 0.218. The number of aromatic nitrogens is 1. The number of amidine groups is 1. The van der Waals surface area contributed by atoms with E-state index in [2.05, 4.69) is 29.5 Å². The summed E-state index contributed by atoms with van der Waals surface area (Å²) >= 11 is 0. The third-order valence-corrected chi connectivity index (χ3v) is 6.11. The van der Waals surface area contributed by atoms with Crippen LogP contribution in [0, 0.1) is 0 Å². The molecule has 0 saturated carbocycles. The van der Waals surface area contributed by atoms with E-state index in [-0.39, 0.29) is 17.8 Å². The fourth-order valence-electron chi connectivity index (χ4n) is 4.20. The lowest BCUT2D eigenvalue weighted by Gasteiger charge is -2.20. The number of hydrogen-bond donors (Lipinski definition) is 3. The van der Waals surface area contributed by atoms with Gasteiger partial charge in [-0.25, -0.2) is 9.78 Å². The predicted molar refractivity (Wildman–Crippen MR) is 143 cm³/mol. The lowest BCUT2D eigenvalue weighted by atomic mass is 9.96. The third kappa shape index (κ3) is 5.46. The Labute approximate surface area is 210 Å². The topological polar surface area (TPSA) is 110 Å². The highest BCUT2D eigenvalue weighted by Gasteiger charge is 2.19. The number of benzene rings is 3. The molecule has 7 nitrogen and oxygen atoms in total. The first kappa shape index (κ1) is 24.7. The maximum atomic E-state index is 12.7. The molecule has 0 amide bonds. The van der Waals surface area contributed by atoms with Crippen molar-refractivity contribution in [2.75, 3.05) is 11.9 Å². The van der Waals surface area contributed by atoms with E-state index in [1.807, 2.05) is 66.7 Å². The summed E-state index contributed by atoms with van der Waals surface area (Å²) in [5, 5.41) is 16.6. The van der Waals surface area contributed by atoms with Gasteiger partial charge in [-0.15, -0.1) is 0 Å². The molecule has 4 rings (SSSR count). The van der Waals surface area contributed by atoms with E-state index < -0.39 is 0 Å². The molecule has 1 atom stereocenters. The van der Waals surface area contributed by atoms with Crippen LogP contribution in [-0.2, 0) is 11.2 Å². The summed E-state index contributed by atoms with van der Waals surface area (Å²) in [6, 6.07) is 25.4. The summed E-state index contributed by atoms with van der Waals surface area (Å²) < 4.78 is 5.29. The van der Waals surface area contributed by atoms with Crippen molar-refractivity contribution in [1.29, 1.82) is 0 Å². The van der Waals surface area contributed by atoms with E-state index in [1.165, 1.54) is 0 Å². The molecule has 7 heteroatoms. The summed E-state index contributed by atoms with van der Waals surface area (Å²) in [6.07, 6.45) is 1.58. The number of pyridine rings is 1. The highest BCUT2D eigenvalue weighted by molar-refractivity contribution is 6.03. The lowest BCUT2D eigenvalue weighted by molar-refractivity contribution is 0.0527. The highest BCUT2D eigenvalue weighted by atomic mass is 16.5. The number of para-hydroxylation sites is 1. The van der Waals surface area contributed by atoms with Gasteiger partial charge in [0.2, 0.25) is 0 Å². The Morgan fingerprint density at radius 3 is 2.47 bits per heavy atom. The van der Waals surface area contributed by atoms with Gasteiger partial charge in [-0.3, -0.25) is 0 Å². The second-order valence-corrected chi connectivity index (χ2v) is 8.48. The quantitative estimate of drug-likeness (QED) is 0.0941. The van der Waals surface area contributed by atoms with Gasteiger partial charge in [0.25, 0.3) is 0 Å². The third-order valence-electron chi connectivity index (χ3n) is 6.11. The average molecular weight is 483 g/mol. The minimum Gasteiger partial charge on any atom is -0.462 e. The minimum atomic E-state index is -0.387. The molecule has 0 saturated heterocycles. The van der Waals surface area contributed by atoms with Crippen molar-refractivity contribution in [3.05, 3.63) is 95.6 Å². The van der Waals surface area contributed by atoms with Crippen molar-refractivity contribution in [3.63, 3.8) is 0 Å². The molecule has 0 aliphatic carbocycles. The minimum absolute atomic E-state index is 0.0575. The number of oxime groups is 1. The highest BCUT2D eigenvalue weighted by Crippen LogP contribution is 2.26. The van der Waals surface area contributed by atoms with E-state index in [1.54, 1.807) is 6.92 Å². The average Bonchev–Trinajstić information content (AvgIpc) is 2.92. The molecule has 1 aromatic heterocycles. The largest absolute Gasteiger partial charge is 0.462 e. The molecular formula is C29H30N4O3. The second-order valence-electron chi connectivity index (χ2n) is 8.48. The van der Waals surface area contributed by atoms with Gasteiger partial charge in [-0.05, 0) is 48.6 Å². The van der Waals surface area contributed by atoms with Crippen LogP contribution in [0.4, 0.5) is 5.82 Å². The molecule has 184 valence electrons.